The molecular weight excluding hydrogens is 291 g/mol. The van der Waals surface area contributed by atoms with Crippen molar-refractivity contribution in [2.75, 3.05) is 20.2 Å². The lowest BCUT2D eigenvalue weighted by Gasteiger charge is -2.32. The third-order valence-electron chi connectivity index (χ3n) is 5.71. The maximum absolute atomic E-state index is 13.2. The number of hydrogen-bond donors (Lipinski definition) is 1. The van der Waals surface area contributed by atoms with Crippen LogP contribution >= 0.6 is 0 Å². The van der Waals surface area contributed by atoms with Crippen molar-refractivity contribution in [3.05, 3.63) is 29.5 Å². The standard InChI is InChI=1S/C19H25FN2O/c1-12-9-18(23-2)16(14-3-6-21-19(12)14)11-22-7-4-13(5-8-22)15-10-17(15)20/h3,6,9,13,15,17,21H,4-5,7-8,10-11H2,1-2H3. The van der Waals surface area contributed by atoms with Gasteiger partial charge in [-0.15, -0.1) is 0 Å². The number of aryl methyl sites for hydroxylation is 1. The number of fused-ring (bicyclic) bond motifs is 1. The molecule has 1 aromatic heterocycles. The van der Waals surface area contributed by atoms with E-state index in [-0.39, 0.29) is 0 Å². The SMILES string of the molecule is COc1cc(C)c2[nH]ccc2c1CN1CCC(C2CC2F)CC1. The largest absolute Gasteiger partial charge is 0.496 e. The van der Waals surface area contributed by atoms with Crippen molar-refractivity contribution in [3.63, 3.8) is 0 Å². The van der Waals surface area contributed by atoms with Crippen LogP contribution in [-0.2, 0) is 6.54 Å². The third-order valence-corrected chi connectivity index (χ3v) is 5.71. The van der Waals surface area contributed by atoms with E-state index in [2.05, 4.69) is 28.9 Å². The number of rotatable bonds is 4. The molecule has 2 aliphatic rings. The lowest BCUT2D eigenvalue weighted by Crippen LogP contribution is -2.34. The summed E-state index contributed by atoms with van der Waals surface area (Å²) >= 11 is 0. The van der Waals surface area contributed by atoms with Crippen LogP contribution < -0.4 is 4.74 Å². The summed E-state index contributed by atoms with van der Waals surface area (Å²) in [6.07, 6.45) is 4.57. The Hall–Kier alpha value is -1.55. The molecule has 4 rings (SSSR count). The Kier molecular flexibility index (Phi) is 3.80. The monoisotopic (exact) mass is 316 g/mol. The normalized spacial score (nSPS) is 25.9. The second kappa shape index (κ2) is 5.82. The van der Waals surface area contributed by atoms with Crippen molar-refractivity contribution < 1.29 is 9.13 Å². The van der Waals surface area contributed by atoms with E-state index in [1.165, 1.54) is 22.0 Å². The Morgan fingerprint density at radius 2 is 2.09 bits per heavy atom. The maximum atomic E-state index is 13.2. The number of halogens is 1. The summed E-state index contributed by atoms with van der Waals surface area (Å²) in [5.74, 6) is 1.94. The van der Waals surface area contributed by atoms with Gasteiger partial charge in [-0.05, 0) is 68.8 Å². The van der Waals surface area contributed by atoms with Gasteiger partial charge in [-0.3, -0.25) is 4.90 Å². The van der Waals surface area contributed by atoms with Crippen LogP contribution in [0.3, 0.4) is 0 Å². The first kappa shape index (κ1) is 15.0. The van der Waals surface area contributed by atoms with Gasteiger partial charge in [-0.1, -0.05) is 0 Å². The van der Waals surface area contributed by atoms with Gasteiger partial charge in [-0.2, -0.15) is 0 Å². The zero-order valence-electron chi connectivity index (χ0n) is 13.9. The lowest BCUT2D eigenvalue weighted by molar-refractivity contribution is 0.159. The Labute approximate surface area is 136 Å². The zero-order chi connectivity index (χ0) is 16.0. The molecule has 1 aromatic carbocycles. The van der Waals surface area contributed by atoms with Crippen LogP contribution in [0.25, 0.3) is 10.9 Å². The summed E-state index contributed by atoms with van der Waals surface area (Å²) in [6.45, 7) is 5.15. The predicted octanol–water partition coefficient (Wildman–Crippen LogP) is 4.05. The van der Waals surface area contributed by atoms with Crippen molar-refractivity contribution in [2.24, 2.45) is 11.8 Å². The molecule has 0 bridgehead atoms. The molecule has 0 amide bonds. The highest BCUT2D eigenvalue weighted by Crippen LogP contribution is 2.44. The number of hydrogen-bond acceptors (Lipinski definition) is 2. The average Bonchev–Trinajstić information content (AvgIpc) is 3.09. The summed E-state index contributed by atoms with van der Waals surface area (Å²) in [5, 5.41) is 1.26. The summed E-state index contributed by atoms with van der Waals surface area (Å²) < 4.78 is 18.9. The van der Waals surface area contributed by atoms with Crippen molar-refractivity contribution in [2.45, 2.75) is 38.9 Å². The number of alkyl halides is 1. The summed E-state index contributed by atoms with van der Waals surface area (Å²) in [7, 11) is 1.75. The number of ether oxygens (including phenoxy) is 1. The minimum absolute atomic E-state index is 0.363. The van der Waals surface area contributed by atoms with E-state index >= 15 is 0 Å². The van der Waals surface area contributed by atoms with Gasteiger partial charge in [0, 0.05) is 29.2 Å². The van der Waals surface area contributed by atoms with Gasteiger partial charge in [0.15, 0.2) is 0 Å². The Balaban J connectivity index is 1.52. The first-order valence-electron chi connectivity index (χ1n) is 8.67. The van der Waals surface area contributed by atoms with Crippen LogP contribution in [0.1, 0.15) is 30.4 Å². The van der Waals surface area contributed by atoms with E-state index in [0.29, 0.717) is 11.8 Å². The van der Waals surface area contributed by atoms with Crippen LogP contribution in [0.5, 0.6) is 5.75 Å². The number of nitrogens with one attached hydrogen (secondary N) is 1. The minimum Gasteiger partial charge on any atom is -0.496 e. The van der Waals surface area contributed by atoms with Crippen molar-refractivity contribution in [1.82, 2.24) is 9.88 Å². The molecule has 1 N–H and O–H groups in total. The van der Waals surface area contributed by atoms with Gasteiger partial charge in [0.1, 0.15) is 11.9 Å². The number of H-pyrrole nitrogens is 1. The fourth-order valence-corrected chi connectivity index (χ4v) is 4.21. The number of aromatic nitrogens is 1. The van der Waals surface area contributed by atoms with E-state index in [1.807, 2.05) is 6.20 Å². The first-order valence-corrected chi connectivity index (χ1v) is 8.67. The van der Waals surface area contributed by atoms with Crippen LogP contribution in [0, 0.1) is 18.8 Å². The van der Waals surface area contributed by atoms with E-state index in [9.17, 15) is 4.39 Å². The number of methoxy groups -OCH3 is 1. The molecule has 1 saturated heterocycles. The first-order chi connectivity index (χ1) is 11.2. The van der Waals surface area contributed by atoms with Crippen LogP contribution in [0.15, 0.2) is 18.3 Å². The quantitative estimate of drug-likeness (QED) is 0.921. The summed E-state index contributed by atoms with van der Waals surface area (Å²) in [6, 6.07) is 4.27. The smallest absolute Gasteiger partial charge is 0.124 e. The van der Waals surface area contributed by atoms with Gasteiger partial charge >= 0.3 is 0 Å². The van der Waals surface area contributed by atoms with Gasteiger partial charge in [0.2, 0.25) is 0 Å². The second-order valence-corrected chi connectivity index (χ2v) is 7.17. The van der Waals surface area contributed by atoms with Crippen LogP contribution in [0.4, 0.5) is 4.39 Å². The second-order valence-electron chi connectivity index (χ2n) is 7.17. The highest BCUT2D eigenvalue weighted by atomic mass is 19.1. The summed E-state index contributed by atoms with van der Waals surface area (Å²) in [5.41, 5.74) is 3.68. The Morgan fingerprint density at radius 3 is 2.74 bits per heavy atom. The molecule has 4 heteroatoms. The predicted molar refractivity (Wildman–Crippen MR) is 90.6 cm³/mol. The van der Waals surface area contributed by atoms with Crippen molar-refractivity contribution in [1.29, 1.82) is 0 Å². The molecule has 124 valence electrons. The molecule has 2 heterocycles. The molecule has 2 unspecified atom stereocenters. The average molecular weight is 316 g/mol. The minimum atomic E-state index is -0.511. The van der Waals surface area contributed by atoms with Gasteiger partial charge in [0.05, 0.1) is 7.11 Å². The molecule has 1 aliphatic carbocycles. The van der Waals surface area contributed by atoms with E-state index in [4.69, 9.17) is 4.74 Å². The molecule has 1 aliphatic heterocycles. The van der Waals surface area contributed by atoms with Gasteiger partial charge < -0.3 is 9.72 Å². The fourth-order valence-electron chi connectivity index (χ4n) is 4.21. The number of nitrogens with zero attached hydrogens (tertiary/aromatic N) is 1. The number of aromatic amines is 1. The van der Waals surface area contributed by atoms with Crippen LogP contribution in [0.2, 0.25) is 0 Å². The Morgan fingerprint density at radius 1 is 1.35 bits per heavy atom. The third kappa shape index (κ3) is 2.74. The molecule has 2 fully saturated rings. The highest BCUT2D eigenvalue weighted by Gasteiger charge is 2.44. The van der Waals surface area contributed by atoms with Crippen molar-refractivity contribution in [3.8, 4) is 5.75 Å². The topological polar surface area (TPSA) is 28.3 Å². The highest BCUT2D eigenvalue weighted by molar-refractivity contribution is 5.88. The Bertz CT molecular complexity index is 703. The fraction of sp³-hybridized carbons (Fsp3) is 0.579. The van der Waals surface area contributed by atoms with E-state index < -0.39 is 6.17 Å². The van der Waals surface area contributed by atoms with E-state index in [1.54, 1.807) is 7.11 Å². The van der Waals surface area contributed by atoms with Gasteiger partial charge in [-0.25, -0.2) is 4.39 Å². The maximum Gasteiger partial charge on any atom is 0.124 e. The number of benzene rings is 1. The van der Waals surface area contributed by atoms with E-state index in [0.717, 1.165) is 44.6 Å². The molecular formula is C19H25FN2O. The van der Waals surface area contributed by atoms with Gasteiger partial charge in [0.25, 0.3) is 0 Å². The molecule has 1 saturated carbocycles. The number of likely N-dealkylation sites (tertiary alicyclic amines) is 1. The molecule has 23 heavy (non-hydrogen) atoms. The molecule has 2 atom stereocenters. The molecule has 3 nitrogen and oxygen atoms in total. The summed E-state index contributed by atoms with van der Waals surface area (Å²) in [4.78, 5) is 5.83. The molecule has 0 spiro atoms. The number of piperidine rings is 1. The van der Waals surface area contributed by atoms with Crippen molar-refractivity contribution >= 4 is 10.9 Å². The zero-order valence-corrected chi connectivity index (χ0v) is 13.9. The lowest BCUT2D eigenvalue weighted by atomic mass is 9.91. The molecule has 2 aromatic rings. The van der Waals surface area contributed by atoms with Crippen LogP contribution in [-0.4, -0.2) is 36.3 Å². The molecule has 0 radical (unpaired) electrons.